The van der Waals surface area contributed by atoms with Crippen LogP contribution in [0.25, 0.3) is 0 Å². The van der Waals surface area contributed by atoms with Crippen molar-refractivity contribution in [1.82, 2.24) is 14.7 Å². The van der Waals surface area contributed by atoms with Gasteiger partial charge in [0.15, 0.2) is 5.69 Å². The van der Waals surface area contributed by atoms with Gasteiger partial charge in [-0.3, -0.25) is 14.3 Å². The Morgan fingerprint density at radius 2 is 2.04 bits per heavy atom. The van der Waals surface area contributed by atoms with E-state index in [0.29, 0.717) is 29.3 Å². The van der Waals surface area contributed by atoms with Gasteiger partial charge in [-0.1, -0.05) is 0 Å². The summed E-state index contributed by atoms with van der Waals surface area (Å²) >= 11 is 1.48. The van der Waals surface area contributed by atoms with E-state index in [1.165, 1.54) is 27.0 Å². The molecule has 0 bridgehead atoms. The Hall–Kier alpha value is -2.66. The molecular weight excluding hydrogens is 362 g/mol. The zero-order valence-corrected chi connectivity index (χ0v) is 16.7. The maximum atomic E-state index is 12.8. The number of fused-ring (bicyclic) bond motifs is 1. The van der Waals surface area contributed by atoms with E-state index in [0.717, 1.165) is 31.2 Å². The molecule has 0 radical (unpaired) electrons. The lowest BCUT2D eigenvalue weighted by Crippen LogP contribution is -2.30. The number of hydrogen-bond donors (Lipinski definition) is 1. The first-order valence-electron chi connectivity index (χ1n) is 9.19. The van der Waals surface area contributed by atoms with E-state index < -0.39 is 0 Å². The maximum Gasteiger partial charge on any atom is 0.274 e. The highest BCUT2D eigenvalue weighted by Crippen LogP contribution is 2.37. The highest BCUT2D eigenvalue weighted by molar-refractivity contribution is 7.16. The predicted molar refractivity (Wildman–Crippen MR) is 104 cm³/mol. The number of nitrogens with one attached hydrogen (secondary N) is 1. The molecule has 142 valence electrons. The van der Waals surface area contributed by atoms with Crippen molar-refractivity contribution in [1.29, 1.82) is 5.26 Å². The first-order valence-corrected chi connectivity index (χ1v) is 10.0. The van der Waals surface area contributed by atoms with E-state index in [9.17, 15) is 14.9 Å². The van der Waals surface area contributed by atoms with Gasteiger partial charge < -0.3 is 10.2 Å². The van der Waals surface area contributed by atoms with Gasteiger partial charge in [-0.15, -0.1) is 11.3 Å². The molecule has 0 aromatic carbocycles. The summed E-state index contributed by atoms with van der Waals surface area (Å²) in [6.07, 6.45) is 4.03. The van der Waals surface area contributed by atoms with Crippen LogP contribution in [-0.4, -0.2) is 39.6 Å². The molecule has 0 fully saturated rings. The summed E-state index contributed by atoms with van der Waals surface area (Å²) in [6.45, 7) is 4.97. The van der Waals surface area contributed by atoms with Gasteiger partial charge in [0.1, 0.15) is 16.8 Å². The third-order valence-corrected chi connectivity index (χ3v) is 6.10. The monoisotopic (exact) mass is 385 g/mol. The smallest absolute Gasteiger partial charge is 0.274 e. The molecule has 0 unspecified atom stereocenters. The quantitative estimate of drug-likeness (QED) is 0.857. The lowest BCUT2D eigenvalue weighted by molar-refractivity contribution is 0.0766. The number of nitrogens with zero attached hydrogens (tertiary/aromatic N) is 4. The van der Waals surface area contributed by atoms with Crippen LogP contribution in [0.2, 0.25) is 0 Å². The van der Waals surface area contributed by atoms with Gasteiger partial charge >= 0.3 is 0 Å². The number of carbonyl (C=O) groups excluding carboxylic acids is 2. The molecule has 27 heavy (non-hydrogen) atoms. The Balaban J connectivity index is 1.85. The lowest BCUT2D eigenvalue weighted by atomic mass is 9.96. The highest BCUT2D eigenvalue weighted by Gasteiger charge is 2.24. The molecule has 0 spiro atoms. The molecule has 3 rings (SSSR count). The molecule has 1 aliphatic carbocycles. The van der Waals surface area contributed by atoms with Gasteiger partial charge in [-0.25, -0.2) is 0 Å². The maximum absolute atomic E-state index is 12.8. The van der Waals surface area contributed by atoms with Crippen LogP contribution in [0.15, 0.2) is 6.07 Å². The predicted octanol–water partition coefficient (Wildman–Crippen LogP) is 2.97. The van der Waals surface area contributed by atoms with Crippen molar-refractivity contribution in [3.63, 3.8) is 0 Å². The van der Waals surface area contributed by atoms with E-state index in [4.69, 9.17) is 0 Å². The summed E-state index contributed by atoms with van der Waals surface area (Å²) in [7, 11) is 1.64. The molecule has 7 nitrogen and oxygen atoms in total. The number of thiophene rings is 1. The zero-order chi connectivity index (χ0) is 19.6. The molecule has 0 saturated heterocycles. The molecule has 1 N–H and O–H groups in total. The van der Waals surface area contributed by atoms with Gasteiger partial charge in [-0.05, 0) is 45.1 Å². The fraction of sp³-hybridized carbons (Fsp3) is 0.474. The fourth-order valence-corrected chi connectivity index (χ4v) is 4.63. The van der Waals surface area contributed by atoms with Crippen molar-refractivity contribution in [3.05, 3.63) is 33.5 Å². The van der Waals surface area contributed by atoms with Crippen molar-refractivity contribution in [3.8, 4) is 6.07 Å². The van der Waals surface area contributed by atoms with Crippen LogP contribution in [0.1, 0.15) is 63.7 Å². The SMILES string of the molecule is CCN(CC)C(=O)c1cc(C(=O)Nc2sc3c(c2C#N)CCCC3)n(C)n1. The van der Waals surface area contributed by atoms with Crippen LogP contribution in [-0.2, 0) is 19.9 Å². The minimum absolute atomic E-state index is 0.195. The fourth-order valence-electron chi connectivity index (χ4n) is 3.40. The van der Waals surface area contributed by atoms with Gasteiger partial charge in [0, 0.05) is 31.1 Å². The van der Waals surface area contributed by atoms with E-state index in [1.54, 1.807) is 11.9 Å². The average molecular weight is 385 g/mol. The molecule has 2 heterocycles. The molecule has 2 aromatic heterocycles. The zero-order valence-electron chi connectivity index (χ0n) is 15.8. The first kappa shape index (κ1) is 19.1. The molecule has 0 saturated carbocycles. The number of carbonyl (C=O) groups is 2. The minimum Gasteiger partial charge on any atom is -0.338 e. The second-order valence-corrected chi connectivity index (χ2v) is 7.60. The van der Waals surface area contributed by atoms with Crippen molar-refractivity contribution < 1.29 is 9.59 Å². The van der Waals surface area contributed by atoms with Crippen LogP contribution in [0.4, 0.5) is 5.00 Å². The molecule has 2 aromatic rings. The number of anilines is 1. The third-order valence-electron chi connectivity index (χ3n) is 4.89. The standard InChI is InChI=1S/C19H23N5O2S/c1-4-24(5-2)19(26)14-10-15(23(3)22-14)17(25)21-18-13(11-20)12-8-6-7-9-16(12)27-18/h10H,4-9H2,1-3H3,(H,21,25). The number of nitriles is 1. The Kier molecular flexibility index (Phi) is 5.61. The summed E-state index contributed by atoms with van der Waals surface area (Å²) in [5.74, 6) is -0.558. The molecule has 8 heteroatoms. The van der Waals surface area contributed by atoms with Gasteiger partial charge in [0.25, 0.3) is 11.8 Å². The number of rotatable bonds is 5. The summed E-state index contributed by atoms with van der Waals surface area (Å²) in [6, 6.07) is 3.75. The van der Waals surface area contributed by atoms with Crippen molar-refractivity contribution in [2.45, 2.75) is 39.5 Å². The normalized spacial score (nSPS) is 13.0. The van der Waals surface area contributed by atoms with Crippen molar-refractivity contribution in [2.24, 2.45) is 7.05 Å². The molecule has 2 amide bonds. The Morgan fingerprint density at radius 3 is 2.70 bits per heavy atom. The van der Waals surface area contributed by atoms with E-state index >= 15 is 0 Å². The third kappa shape index (κ3) is 3.60. The molecular formula is C19H23N5O2S. The lowest BCUT2D eigenvalue weighted by Gasteiger charge is -2.16. The summed E-state index contributed by atoms with van der Waals surface area (Å²) in [5, 5.41) is 17.2. The van der Waals surface area contributed by atoms with Gasteiger partial charge in [-0.2, -0.15) is 10.4 Å². The number of aromatic nitrogens is 2. The molecule has 1 aliphatic rings. The largest absolute Gasteiger partial charge is 0.338 e. The highest BCUT2D eigenvalue weighted by atomic mass is 32.1. The Bertz CT molecular complexity index is 917. The van der Waals surface area contributed by atoms with Crippen molar-refractivity contribution in [2.75, 3.05) is 18.4 Å². The number of hydrogen-bond acceptors (Lipinski definition) is 5. The van der Waals surface area contributed by atoms with Crippen LogP contribution in [0, 0.1) is 11.3 Å². The number of amides is 2. The second-order valence-electron chi connectivity index (χ2n) is 6.50. The molecule has 0 atom stereocenters. The Morgan fingerprint density at radius 1 is 1.33 bits per heavy atom. The average Bonchev–Trinajstić information content (AvgIpc) is 3.22. The van der Waals surface area contributed by atoms with Gasteiger partial charge in [0.2, 0.25) is 0 Å². The van der Waals surface area contributed by atoms with Crippen LogP contribution in [0.3, 0.4) is 0 Å². The van der Waals surface area contributed by atoms with Crippen LogP contribution < -0.4 is 5.32 Å². The molecule has 0 aliphatic heterocycles. The van der Waals surface area contributed by atoms with Crippen LogP contribution >= 0.6 is 11.3 Å². The topological polar surface area (TPSA) is 91.0 Å². The minimum atomic E-state index is -0.362. The first-order chi connectivity index (χ1) is 13.0. The number of aryl methyl sites for hydroxylation is 2. The summed E-state index contributed by atoms with van der Waals surface area (Å²) in [4.78, 5) is 28.1. The van der Waals surface area contributed by atoms with Crippen molar-refractivity contribution >= 4 is 28.2 Å². The second kappa shape index (κ2) is 7.92. The summed E-state index contributed by atoms with van der Waals surface area (Å²) in [5.41, 5.74) is 2.19. The van der Waals surface area contributed by atoms with Crippen LogP contribution in [0.5, 0.6) is 0 Å². The van der Waals surface area contributed by atoms with E-state index in [2.05, 4.69) is 16.5 Å². The van der Waals surface area contributed by atoms with E-state index in [-0.39, 0.29) is 17.5 Å². The summed E-state index contributed by atoms with van der Waals surface area (Å²) < 4.78 is 1.41. The Labute approximate surface area is 162 Å². The van der Waals surface area contributed by atoms with E-state index in [1.807, 2.05) is 13.8 Å². The van der Waals surface area contributed by atoms with Gasteiger partial charge in [0.05, 0.1) is 5.56 Å².